The molecule has 2 nitrogen and oxygen atoms in total. The van der Waals surface area contributed by atoms with Crippen LogP contribution >= 0.6 is 23.2 Å². The summed E-state index contributed by atoms with van der Waals surface area (Å²) in [6.07, 6.45) is 3.65. The molecular formula is C17H21Cl2NO. The van der Waals surface area contributed by atoms with Gasteiger partial charge in [-0.1, -0.05) is 50.0 Å². The van der Waals surface area contributed by atoms with Gasteiger partial charge in [0.15, 0.2) is 0 Å². The van der Waals surface area contributed by atoms with Crippen LogP contribution in [-0.2, 0) is 0 Å². The lowest BCUT2D eigenvalue weighted by molar-refractivity contribution is 0.0738. The van der Waals surface area contributed by atoms with Gasteiger partial charge >= 0.3 is 0 Å². The molecule has 0 aromatic heterocycles. The van der Waals surface area contributed by atoms with Crippen LogP contribution in [0.15, 0.2) is 18.2 Å². The predicted octanol–water partition coefficient (Wildman–Crippen LogP) is 4.94. The van der Waals surface area contributed by atoms with Crippen LogP contribution in [-0.4, -0.2) is 11.9 Å². The van der Waals surface area contributed by atoms with Crippen molar-refractivity contribution in [1.29, 1.82) is 0 Å². The van der Waals surface area contributed by atoms with E-state index in [2.05, 4.69) is 26.1 Å². The van der Waals surface area contributed by atoms with Crippen molar-refractivity contribution >= 4 is 29.1 Å². The third-order valence-corrected chi connectivity index (χ3v) is 6.36. The van der Waals surface area contributed by atoms with Crippen molar-refractivity contribution in [2.24, 2.45) is 16.7 Å². The second-order valence-corrected chi connectivity index (χ2v) is 8.23. The molecule has 3 rings (SSSR count). The molecule has 2 saturated carbocycles. The maximum Gasteiger partial charge on any atom is 0.254 e. The largest absolute Gasteiger partial charge is 0.348 e. The SMILES string of the molecule is CC1(C)C2CC[C@](C)(C2)C1NC(=O)c1c(Cl)cccc1Cl. The van der Waals surface area contributed by atoms with Gasteiger partial charge in [-0.2, -0.15) is 0 Å². The van der Waals surface area contributed by atoms with Gasteiger partial charge < -0.3 is 5.32 Å². The Bertz CT molecular complexity index is 573. The summed E-state index contributed by atoms with van der Waals surface area (Å²) in [4.78, 5) is 12.7. The highest BCUT2D eigenvalue weighted by Gasteiger charge is 2.59. The molecule has 0 heterocycles. The van der Waals surface area contributed by atoms with E-state index in [9.17, 15) is 4.79 Å². The van der Waals surface area contributed by atoms with Gasteiger partial charge in [0.1, 0.15) is 0 Å². The molecule has 1 amide bonds. The highest BCUT2D eigenvalue weighted by atomic mass is 35.5. The van der Waals surface area contributed by atoms with Gasteiger partial charge in [0, 0.05) is 6.04 Å². The van der Waals surface area contributed by atoms with E-state index in [0.717, 1.165) is 0 Å². The van der Waals surface area contributed by atoms with E-state index in [0.29, 0.717) is 21.5 Å². The molecule has 3 atom stereocenters. The van der Waals surface area contributed by atoms with Crippen molar-refractivity contribution < 1.29 is 4.79 Å². The lowest BCUT2D eigenvalue weighted by Crippen LogP contribution is -2.52. The molecule has 0 spiro atoms. The molecule has 2 bridgehead atoms. The fourth-order valence-electron chi connectivity index (χ4n) is 4.58. The van der Waals surface area contributed by atoms with Gasteiger partial charge in [0.2, 0.25) is 0 Å². The maximum atomic E-state index is 12.7. The summed E-state index contributed by atoms with van der Waals surface area (Å²) in [6, 6.07) is 5.33. The highest BCUT2D eigenvalue weighted by molar-refractivity contribution is 6.39. The summed E-state index contributed by atoms with van der Waals surface area (Å²) in [5, 5.41) is 4.05. The second kappa shape index (κ2) is 4.89. The highest BCUT2D eigenvalue weighted by Crippen LogP contribution is 2.62. The molecule has 114 valence electrons. The van der Waals surface area contributed by atoms with Crippen molar-refractivity contribution in [2.45, 2.75) is 46.1 Å². The van der Waals surface area contributed by atoms with Gasteiger partial charge in [-0.15, -0.1) is 0 Å². The molecule has 2 unspecified atom stereocenters. The zero-order valence-electron chi connectivity index (χ0n) is 12.7. The average molecular weight is 326 g/mol. The summed E-state index contributed by atoms with van der Waals surface area (Å²) < 4.78 is 0. The van der Waals surface area contributed by atoms with Gasteiger partial charge in [0.05, 0.1) is 15.6 Å². The summed E-state index contributed by atoms with van der Waals surface area (Å²) in [5.74, 6) is 0.534. The van der Waals surface area contributed by atoms with Crippen LogP contribution in [0.2, 0.25) is 10.0 Å². The third-order valence-electron chi connectivity index (χ3n) is 5.74. The van der Waals surface area contributed by atoms with Gasteiger partial charge in [-0.3, -0.25) is 4.79 Å². The first-order valence-electron chi connectivity index (χ1n) is 7.50. The number of carbonyl (C=O) groups excluding carboxylic acids is 1. The normalized spacial score (nSPS) is 33.2. The zero-order chi connectivity index (χ0) is 15.4. The molecule has 0 radical (unpaired) electrons. The zero-order valence-corrected chi connectivity index (χ0v) is 14.2. The molecule has 21 heavy (non-hydrogen) atoms. The molecule has 0 aliphatic heterocycles. The van der Waals surface area contributed by atoms with Crippen LogP contribution in [0.4, 0.5) is 0 Å². The van der Waals surface area contributed by atoms with Crippen LogP contribution in [0.25, 0.3) is 0 Å². The number of hydrogen-bond acceptors (Lipinski definition) is 1. The van der Waals surface area contributed by atoms with Crippen LogP contribution < -0.4 is 5.32 Å². The fourth-order valence-corrected chi connectivity index (χ4v) is 5.15. The van der Waals surface area contributed by atoms with E-state index in [-0.39, 0.29) is 22.8 Å². The minimum Gasteiger partial charge on any atom is -0.348 e. The number of hydrogen-bond donors (Lipinski definition) is 1. The van der Waals surface area contributed by atoms with E-state index in [1.165, 1.54) is 19.3 Å². The third kappa shape index (κ3) is 2.27. The molecular weight excluding hydrogens is 305 g/mol. The van der Waals surface area contributed by atoms with E-state index in [1.54, 1.807) is 18.2 Å². The van der Waals surface area contributed by atoms with Gasteiger partial charge in [-0.05, 0) is 48.1 Å². The Kier molecular flexibility index (Phi) is 3.53. The lowest BCUT2D eigenvalue weighted by atomic mass is 9.68. The van der Waals surface area contributed by atoms with Crippen molar-refractivity contribution in [2.75, 3.05) is 0 Å². The molecule has 1 aromatic rings. The number of carbonyl (C=O) groups is 1. The minimum absolute atomic E-state index is 0.121. The number of nitrogens with one attached hydrogen (secondary N) is 1. The topological polar surface area (TPSA) is 29.1 Å². The summed E-state index contributed by atoms with van der Waals surface area (Å²) in [6.45, 7) is 6.82. The lowest BCUT2D eigenvalue weighted by Gasteiger charge is -2.43. The smallest absolute Gasteiger partial charge is 0.254 e. The Morgan fingerprint density at radius 2 is 1.86 bits per heavy atom. The molecule has 2 fully saturated rings. The number of amides is 1. The monoisotopic (exact) mass is 325 g/mol. The van der Waals surface area contributed by atoms with Crippen molar-refractivity contribution in [3.63, 3.8) is 0 Å². The fraction of sp³-hybridized carbons (Fsp3) is 0.588. The molecule has 2 aliphatic rings. The van der Waals surface area contributed by atoms with Crippen molar-refractivity contribution in [3.8, 4) is 0 Å². The van der Waals surface area contributed by atoms with Crippen molar-refractivity contribution in [3.05, 3.63) is 33.8 Å². The van der Waals surface area contributed by atoms with Crippen LogP contribution in [0.5, 0.6) is 0 Å². The van der Waals surface area contributed by atoms with Crippen molar-refractivity contribution in [1.82, 2.24) is 5.32 Å². The summed E-state index contributed by atoms with van der Waals surface area (Å²) in [5.41, 5.74) is 0.705. The Labute approximate surface area is 136 Å². The Balaban J connectivity index is 1.89. The van der Waals surface area contributed by atoms with Gasteiger partial charge in [-0.25, -0.2) is 0 Å². The molecule has 4 heteroatoms. The van der Waals surface area contributed by atoms with E-state index >= 15 is 0 Å². The number of fused-ring (bicyclic) bond motifs is 2. The number of halogens is 2. The standard InChI is InChI=1S/C17H21Cl2NO/c1-16(2)10-7-8-17(3,9-10)15(16)20-14(21)13-11(18)5-4-6-12(13)19/h4-6,10,15H,7-9H2,1-3H3,(H,20,21)/t10?,15?,17-/m1/s1. The average Bonchev–Trinajstić information content (AvgIpc) is 2.86. The summed E-state index contributed by atoms with van der Waals surface area (Å²) >= 11 is 12.3. The van der Waals surface area contributed by atoms with Crippen LogP contribution in [0, 0.1) is 16.7 Å². The predicted molar refractivity (Wildman–Crippen MR) is 86.9 cm³/mol. The number of rotatable bonds is 2. The molecule has 2 aliphatic carbocycles. The minimum atomic E-state index is -0.155. The van der Waals surface area contributed by atoms with E-state index in [1.807, 2.05) is 0 Å². The van der Waals surface area contributed by atoms with E-state index in [4.69, 9.17) is 23.2 Å². The van der Waals surface area contributed by atoms with E-state index < -0.39 is 0 Å². The summed E-state index contributed by atoms with van der Waals surface area (Å²) in [7, 11) is 0. The first-order chi connectivity index (χ1) is 9.75. The Hall–Kier alpha value is -0.730. The number of benzene rings is 1. The van der Waals surface area contributed by atoms with Crippen LogP contribution in [0.1, 0.15) is 50.4 Å². The molecule has 1 aromatic carbocycles. The Morgan fingerprint density at radius 1 is 1.24 bits per heavy atom. The second-order valence-electron chi connectivity index (χ2n) is 7.42. The first kappa shape index (κ1) is 15.2. The molecule has 0 saturated heterocycles. The van der Waals surface area contributed by atoms with Crippen LogP contribution in [0.3, 0.4) is 0 Å². The Morgan fingerprint density at radius 3 is 2.38 bits per heavy atom. The quantitative estimate of drug-likeness (QED) is 0.819. The first-order valence-corrected chi connectivity index (χ1v) is 8.26. The maximum absolute atomic E-state index is 12.7. The van der Waals surface area contributed by atoms with Gasteiger partial charge in [0.25, 0.3) is 5.91 Å². The molecule has 1 N–H and O–H groups in total.